The highest BCUT2D eigenvalue weighted by Crippen LogP contribution is 2.32. The molecule has 10 nitrogen and oxygen atoms in total. The predicted octanol–water partition coefficient (Wildman–Crippen LogP) is 5.13. The molecule has 3 heterocycles. The molecule has 0 unspecified atom stereocenters. The molecule has 2 aromatic carbocycles. The van der Waals surface area contributed by atoms with E-state index in [4.69, 9.17) is 22.1 Å². The Morgan fingerprint density at radius 2 is 1.92 bits per heavy atom. The lowest BCUT2D eigenvalue weighted by Crippen LogP contribution is -2.10. The number of fused-ring (bicyclic) bond motifs is 1. The summed E-state index contributed by atoms with van der Waals surface area (Å²) >= 11 is 6.19. The lowest BCUT2D eigenvalue weighted by Gasteiger charge is -2.14. The Bertz CT molecular complexity index is 1860. The molecule has 4 N–H and O–H groups in total. The molecule has 13 heteroatoms. The van der Waals surface area contributed by atoms with Crippen LogP contribution in [0.15, 0.2) is 54.7 Å². The highest BCUT2D eigenvalue weighted by Gasteiger charge is 2.22. The Labute approximate surface area is 227 Å². The molecule has 0 fully saturated rings. The van der Waals surface area contributed by atoms with Gasteiger partial charge < -0.3 is 15.5 Å². The van der Waals surface area contributed by atoms with Crippen molar-refractivity contribution in [2.75, 3.05) is 16.7 Å². The minimum absolute atomic E-state index is 0.0806. The molecule has 3 aromatic heterocycles. The van der Waals surface area contributed by atoms with E-state index >= 15 is 0 Å². The van der Waals surface area contributed by atoms with Crippen molar-refractivity contribution in [3.63, 3.8) is 0 Å². The van der Waals surface area contributed by atoms with Crippen LogP contribution in [0.2, 0.25) is 5.02 Å². The molecule has 39 heavy (non-hydrogen) atoms. The number of nitrogens with zero attached hydrogens (tertiary/aromatic N) is 3. The van der Waals surface area contributed by atoms with Crippen molar-refractivity contribution in [1.29, 1.82) is 0 Å². The first-order valence-corrected chi connectivity index (χ1v) is 13.8. The third kappa shape index (κ3) is 5.16. The first kappa shape index (κ1) is 26.2. The van der Waals surface area contributed by atoms with Crippen molar-refractivity contribution in [1.82, 2.24) is 19.7 Å². The van der Waals surface area contributed by atoms with Gasteiger partial charge in [-0.05, 0) is 49.7 Å². The largest absolute Gasteiger partial charge is 0.437 e. The molecule has 0 amide bonds. The number of sulfonamides is 1. The number of aromatic amines is 1. The first-order chi connectivity index (χ1) is 18.4. The Hall–Kier alpha value is -4.42. The average Bonchev–Trinajstić information content (AvgIpc) is 3.42. The normalized spacial score (nSPS) is 11.6. The number of H-pyrrole nitrogens is 1. The zero-order valence-electron chi connectivity index (χ0n) is 20.9. The average molecular weight is 569 g/mol. The maximum absolute atomic E-state index is 14.4. The molecule has 0 spiro atoms. The quantitative estimate of drug-likeness (QED) is 0.231. The van der Waals surface area contributed by atoms with Crippen LogP contribution in [-0.2, 0) is 10.0 Å². The van der Waals surface area contributed by atoms with Crippen molar-refractivity contribution < 1.29 is 22.3 Å². The second-order valence-electron chi connectivity index (χ2n) is 8.90. The Balaban J connectivity index is 1.46. The van der Waals surface area contributed by atoms with Crippen LogP contribution in [0.1, 0.15) is 27.3 Å². The topological polar surface area (TPSA) is 145 Å². The molecule has 0 aliphatic heterocycles. The highest BCUT2D eigenvalue weighted by atomic mass is 35.5. The molecule has 5 rings (SSSR count). The Morgan fingerprint density at radius 3 is 2.62 bits per heavy atom. The predicted molar refractivity (Wildman–Crippen MR) is 147 cm³/mol. The number of para-hydroxylation sites is 1. The second-order valence-corrected chi connectivity index (χ2v) is 11.1. The number of anilines is 2. The number of nitrogens with two attached hydrogens (primary N) is 1. The fourth-order valence-electron chi connectivity index (χ4n) is 4.21. The van der Waals surface area contributed by atoms with Gasteiger partial charge in [-0.1, -0.05) is 23.7 Å². The van der Waals surface area contributed by atoms with Gasteiger partial charge in [0.2, 0.25) is 21.7 Å². The summed E-state index contributed by atoms with van der Waals surface area (Å²) in [5.74, 6) is -0.383. The number of benzene rings is 2. The van der Waals surface area contributed by atoms with E-state index in [-0.39, 0.29) is 22.8 Å². The van der Waals surface area contributed by atoms with Crippen molar-refractivity contribution in [2.45, 2.75) is 13.8 Å². The molecule has 0 aliphatic carbocycles. The molecular weight excluding hydrogens is 547 g/mol. The number of halogens is 2. The van der Waals surface area contributed by atoms with Crippen LogP contribution in [0, 0.1) is 19.7 Å². The van der Waals surface area contributed by atoms with Crippen molar-refractivity contribution in [3.05, 3.63) is 88.1 Å². The lowest BCUT2D eigenvalue weighted by molar-refractivity contribution is 0.103. The van der Waals surface area contributed by atoms with Gasteiger partial charge in [-0.3, -0.25) is 9.52 Å². The minimum Gasteiger partial charge on any atom is -0.437 e. The van der Waals surface area contributed by atoms with Crippen LogP contribution >= 0.6 is 11.6 Å². The SMILES string of the molecule is Cc1cc(Oc2ccccc2Cl)nc(C)c1-n1ncc(C(=O)c2cc3cc(F)c(NS(C)(=O)=O)cc3[nH]2)c1N. The summed E-state index contributed by atoms with van der Waals surface area (Å²) in [6, 6.07) is 12.6. The maximum atomic E-state index is 14.4. The van der Waals surface area contributed by atoms with Crippen LogP contribution in [0.4, 0.5) is 15.9 Å². The zero-order chi connectivity index (χ0) is 28.1. The number of hydrogen-bond donors (Lipinski definition) is 3. The molecule has 0 radical (unpaired) electrons. The van der Waals surface area contributed by atoms with E-state index in [9.17, 15) is 17.6 Å². The van der Waals surface area contributed by atoms with Gasteiger partial charge in [-0.15, -0.1) is 0 Å². The van der Waals surface area contributed by atoms with Crippen molar-refractivity contribution in [3.8, 4) is 17.3 Å². The molecule has 0 bridgehead atoms. The maximum Gasteiger partial charge on any atom is 0.229 e. The number of aromatic nitrogens is 4. The number of pyridine rings is 1. The third-order valence-corrected chi connectivity index (χ3v) is 6.80. The number of carbonyl (C=O) groups is 1. The smallest absolute Gasteiger partial charge is 0.229 e. The van der Waals surface area contributed by atoms with Gasteiger partial charge in [0, 0.05) is 17.0 Å². The van der Waals surface area contributed by atoms with Gasteiger partial charge in [0.1, 0.15) is 17.4 Å². The fraction of sp³-hybridized carbons (Fsp3) is 0.115. The molecule has 0 saturated heterocycles. The van der Waals surface area contributed by atoms with Gasteiger partial charge in [-0.25, -0.2) is 22.5 Å². The summed E-state index contributed by atoms with van der Waals surface area (Å²) in [6.07, 6.45) is 2.26. The summed E-state index contributed by atoms with van der Waals surface area (Å²) in [5, 5.41) is 5.15. The molecule has 200 valence electrons. The number of nitrogen functional groups attached to an aromatic ring is 1. The standard InChI is InChI=1S/C26H22ClFN6O4S/c1-13-8-23(38-22-7-5-4-6-17(22)27)31-14(2)24(13)34-26(29)16(12-30-34)25(35)21-10-15-9-18(28)20(11-19(15)32-21)33-39(3,36)37/h4-12,32-33H,29H2,1-3H3. The van der Waals surface area contributed by atoms with Gasteiger partial charge in [0.05, 0.1) is 45.8 Å². The fourth-order valence-corrected chi connectivity index (χ4v) is 4.94. The highest BCUT2D eigenvalue weighted by molar-refractivity contribution is 7.92. The number of hydrogen-bond acceptors (Lipinski definition) is 7. The summed E-state index contributed by atoms with van der Waals surface area (Å²) in [5.41, 5.74) is 8.60. The van der Waals surface area contributed by atoms with Gasteiger partial charge in [0.15, 0.2) is 0 Å². The van der Waals surface area contributed by atoms with Gasteiger partial charge in [-0.2, -0.15) is 5.10 Å². The van der Waals surface area contributed by atoms with Crippen LogP contribution in [0.5, 0.6) is 11.6 Å². The Kier molecular flexibility index (Phi) is 6.52. The van der Waals surface area contributed by atoms with E-state index in [0.29, 0.717) is 38.9 Å². The molecular formula is C26H22ClFN6O4S. The zero-order valence-corrected chi connectivity index (χ0v) is 22.5. The first-order valence-electron chi connectivity index (χ1n) is 11.5. The second kappa shape index (κ2) is 9.71. The molecule has 0 saturated carbocycles. The number of carbonyl (C=O) groups excluding carboxylic acids is 1. The van der Waals surface area contributed by atoms with Crippen molar-refractivity contribution in [2.24, 2.45) is 0 Å². The van der Waals surface area contributed by atoms with Gasteiger partial charge >= 0.3 is 0 Å². The molecule has 5 aromatic rings. The number of nitrogens with one attached hydrogen (secondary N) is 2. The minimum atomic E-state index is -3.70. The van der Waals surface area contributed by atoms with Crippen LogP contribution in [-0.4, -0.2) is 40.2 Å². The van der Waals surface area contributed by atoms with Crippen LogP contribution < -0.4 is 15.2 Å². The Morgan fingerprint density at radius 1 is 1.18 bits per heavy atom. The monoisotopic (exact) mass is 568 g/mol. The third-order valence-electron chi connectivity index (χ3n) is 5.90. The number of ether oxygens (including phenoxy) is 1. The van der Waals surface area contributed by atoms with E-state index in [1.54, 1.807) is 37.3 Å². The number of ketones is 1. The number of rotatable bonds is 7. The molecule has 0 aliphatic rings. The molecule has 0 atom stereocenters. The van der Waals surface area contributed by atoms with E-state index in [1.165, 1.54) is 23.0 Å². The van der Waals surface area contributed by atoms with Crippen LogP contribution in [0.25, 0.3) is 16.6 Å². The van der Waals surface area contributed by atoms with Crippen molar-refractivity contribution >= 4 is 49.8 Å². The summed E-state index contributed by atoms with van der Waals surface area (Å²) in [4.78, 5) is 20.7. The van der Waals surface area contributed by atoms with E-state index in [1.807, 2.05) is 6.92 Å². The van der Waals surface area contributed by atoms with E-state index in [0.717, 1.165) is 17.9 Å². The van der Waals surface area contributed by atoms with Gasteiger partial charge in [0.25, 0.3) is 0 Å². The van der Waals surface area contributed by atoms with E-state index < -0.39 is 21.6 Å². The summed E-state index contributed by atoms with van der Waals surface area (Å²) in [6.45, 7) is 3.60. The lowest BCUT2D eigenvalue weighted by atomic mass is 10.1. The number of aryl methyl sites for hydroxylation is 2. The van der Waals surface area contributed by atoms with Crippen LogP contribution in [0.3, 0.4) is 0 Å². The summed E-state index contributed by atoms with van der Waals surface area (Å²) in [7, 11) is -3.70. The summed E-state index contributed by atoms with van der Waals surface area (Å²) < 4.78 is 46.8. The van der Waals surface area contributed by atoms with E-state index in [2.05, 4.69) is 19.8 Å².